The molecular formula is C10H11NO. The molecule has 0 atom stereocenters. The van der Waals surface area contributed by atoms with Crippen molar-refractivity contribution in [2.45, 2.75) is 13.5 Å². The first kappa shape index (κ1) is 7.22. The van der Waals surface area contributed by atoms with Gasteiger partial charge in [0.25, 0.3) is 0 Å². The molecule has 0 bridgehead atoms. The van der Waals surface area contributed by atoms with Gasteiger partial charge in [0.2, 0.25) is 0 Å². The van der Waals surface area contributed by atoms with Crippen molar-refractivity contribution in [3.8, 4) is 0 Å². The number of fused-ring (bicyclic) bond motifs is 1. The third-order valence-electron chi connectivity index (χ3n) is 1.94. The Hall–Kier alpha value is -1.44. The van der Waals surface area contributed by atoms with Crippen molar-refractivity contribution >= 4 is 5.69 Å². The van der Waals surface area contributed by atoms with Crippen molar-refractivity contribution in [3.05, 3.63) is 41.8 Å². The Morgan fingerprint density at radius 3 is 3.17 bits per heavy atom. The maximum absolute atomic E-state index is 5.25. The molecule has 2 nitrogen and oxygen atoms in total. The van der Waals surface area contributed by atoms with E-state index in [-0.39, 0.29) is 0 Å². The van der Waals surface area contributed by atoms with Crippen LogP contribution in [0.4, 0.5) is 5.69 Å². The molecule has 1 aliphatic heterocycles. The lowest BCUT2D eigenvalue weighted by Crippen LogP contribution is -2.11. The molecule has 0 spiro atoms. The zero-order valence-corrected chi connectivity index (χ0v) is 7.05. The fourth-order valence-corrected chi connectivity index (χ4v) is 1.32. The number of aryl methyl sites for hydroxylation is 1. The third-order valence-corrected chi connectivity index (χ3v) is 1.94. The molecule has 1 aromatic rings. The van der Waals surface area contributed by atoms with E-state index in [0.717, 1.165) is 5.69 Å². The second-order valence-corrected chi connectivity index (χ2v) is 3.00. The molecular weight excluding hydrogens is 150 g/mol. The predicted octanol–water partition coefficient (Wildman–Crippen LogP) is 2.41. The lowest BCUT2D eigenvalue weighted by atomic mass is 10.1. The highest BCUT2D eigenvalue weighted by atomic mass is 16.5. The van der Waals surface area contributed by atoms with Crippen molar-refractivity contribution in [3.63, 3.8) is 0 Å². The summed E-state index contributed by atoms with van der Waals surface area (Å²) in [5.74, 6) is 0.631. The van der Waals surface area contributed by atoms with Crippen LogP contribution in [0.25, 0.3) is 0 Å². The highest BCUT2D eigenvalue weighted by Gasteiger charge is 2.10. The lowest BCUT2D eigenvalue weighted by Gasteiger charge is -2.20. The van der Waals surface area contributed by atoms with Crippen LogP contribution in [-0.2, 0) is 11.3 Å². The number of ether oxygens (including phenoxy) is 1. The largest absolute Gasteiger partial charge is 0.475 e. The summed E-state index contributed by atoms with van der Waals surface area (Å²) in [6, 6.07) is 6.25. The van der Waals surface area contributed by atoms with E-state index in [4.69, 9.17) is 4.74 Å². The summed E-state index contributed by atoms with van der Waals surface area (Å²) < 4.78 is 5.25. The summed E-state index contributed by atoms with van der Waals surface area (Å²) >= 11 is 0. The molecule has 12 heavy (non-hydrogen) atoms. The van der Waals surface area contributed by atoms with Crippen molar-refractivity contribution < 1.29 is 4.74 Å². The lowest BCUT2D eigenvalue weighted by molar-refractivity contribution is 0.198. The van der Waals surface area contributed by atoms with E-state index < -0.39 is 0 Å². The van der Waals surface area contributed by atoms with Crippen molar-refractivity contribution in [1.29, 1.82) is 0 Å². The first-order chi connectivity index (χ1) is 5.75. The summed E-state index contributed by atoms with van der Waals surface area (Å²) in [6.45, 7) is 6.40. The fourth-order valence-electron chi connectivity index (χ4n) is 1.32. The first-order valence-electron chi connectivity index (χ1n) is 3.94. The average molecular weight is 161 g/mol. The molecule has 2 rings (SSSR count). The van der Waals surface area contributed by atoms with Crippen molar-refractivity contribution in [2.75, 3.05) is 5.32 Å². The van der Waals surface area contributed by atoms with Crippen molar-refractivity contribution in [2.24, 2.45) is 0 Å². The molecule has 2 heteroatoms. The SMILES string of the molecule is C=C1Nc2ccc(C)cc2CO1. The van der Waals surface area contributed by atoms with Gasteiger partial charge in [0.05, 0.1) is 0 Å². The van der Waals surface area contributed by atoms with E-state index in [9.17, 15) is 0 Å². The maximum atomic E-state index is 5.25. The van der Waals surface area contributed by atoms with Gasteiger partial charge in [-0.1, -0.05) is 17.7 Å². The number of benzene rings is 1. The first-order valence-corrected chi connectivity index (χ1v) is 3.94. The van der Waals surface area contributed by atoms with Gasteiger partial charge in [-0.2, -0.15) is 0 Å². The molecule has 0 aromatic heterocycles. The molecule has 62 valence electrons. The van der Waals surface area contributed by atoms with Gasteiger partial charge in [-0.15, -0.1) is 0 Å². The van der Waals surface area contributed by atoms with E-state index in [1.807, 2.05) is 0 Å². The molecule has 0 amide bonds. The zero-order valence-electron chi connectivity index (χ0n) is 7.05. The van der Waals surface area contributed by atoms with Crippen LogP contribution < -0.4 is 5.32 Å². The summed E-state index contributed by atoms with van der Waals surface area (Å²) in [5, 5.41) is 3.07. The highest BCUT2D eigenvalue weighted by Crippen LogP contribution is 2.24. The van der Waals surface area contributed by atoms with Gasteiger partial charge in [0.1, 0.15) is 6.61 Å². The molecule has 1 heterocycles. The number of hydrogen-bond donors (Lipinski definition) is 1. The Balaban J connectivity index is 2.43. The minimum absolute atomic E-state index is 0.628. The van der Waals surface area contributed by atoms with Crippen LogP contribution in [-0.4, -0.2) is 0 Å². The van der Waals surface area contributed by atoms with Crippen LogP contribution in [0.3, 0.4) is 0 Å². The second kappa shape index (κ2) is 2.55. The highest BCUT2D eigenvalue weighted by molar-refractivity contribution is 5.56. The Morgan fingerprint density at radius 2 is 2.33 bits per heavy atom. The van der Waals surface area contributed by atoms with Gasteiger partial charge in [-0.05, 0) is 19.6 Å². The maximum Gasteiger partial charge on any atom is 0.184 e. The topological polar surface area (TPSA) is 21.3 Å². The Kier molecular flexibility index (Phi) is 1.54. The van der Waals surface area contributed by atoms with Gasteiger partial charge in [0, 0.05) is 11.3 Å². The Morgan fingerprint density at radius 1 is 1.50 bits per heavy atom. The molecule has 0 unspecified atom stereocenters. The summed E-state index contributed by atoms with van der Waals surface area (Å²) in [4.78, 5) is 0. The van der Waals surface area contributed by atoms with E-state index in [1.54, 1.807) is 0 Å². The fraction of sp³-hybridized carbons (Fsp3) is 0.200. The quantitative estimate of drug-likeness (QED) is 0.630. The number of anilines is 1. The zero-order chi connectivity index (χ0) is 8.55. The molecule has 1 aliphatic rings. The Bertz CT molecular complexity index is 331. The third kappa shape index (κ3) is 1.16. The van der Waals surface area contributed by atoms with Gasteiger partial charge >= 0.3 is 0 Å². The minimum Gasteiger partial charge on any atom is -0.475 e. The van der Waals surface area contributed by atoms with Crippen LogP contribution in [0.2, 0.25) is 0 Å². The van der Waals surface area contributed by atoms with Crippen molar-refractivity contribution in [1.82, 2.24) is 0 Å². The summed E-state index contributed by atoms with van der Waals surface area (Å²) in [7, 11) is 0. The molecule has 1 N–H and O–H groups in total. The summed E-state index contributed by atoms with van der Waals surface area (Å²) in [5.41, 5.74) is 3.56. The molecule has 0 aliphatic carbocycles. The summed E-state index contributed by atoms with van der Waals surface area (Å²) in [6.07, 6.45) is 0. The van der Waals surface area contributed by atoms with Gasteiger partial charge in [-0.3, -0.25) is 0 Å². The monoisotopic (exact) mass is 161 g/mol. The van der Waals surface area contributed by atoms with Crippen LogP contribution in [0, 0.1) is 6.92 Å². The van der Waals surface area contributed by atoms with Crippen LogP contribution in [0.1, 0.15) is 11.1 Å². The van der Waals surface area contributed by atoms with Crippen LogP contribution in [0.5, 0.6) is 0 Å². The molecule has 1 aromatic carbocycles. The van der Waals surface area contributed by atoms with E-state index >= 15 is 0 Å². The number of hydrogen-bond acceptors (Lipinski definition) is 2. The molecule has 0 fully saturated rings. The molecule has 0 saturated carbocycles. The van der Waals surface area contributed by atoms with Gasteiger partial charge in [-0.25, -0.2) is 0 Å². The predicted molar refractivity (Wildman–Crippen MR) is 48.7 cm³/mol. The molecule has 0 radical (unpaired) electrons. The average Bonchev–Trinajstić information content (AvgIpc) is 2.05. The normalized spacial score (nSPS) is 14.6. The van der Waals surface area contributed by atoms with E-state index in [0.29, 0.717) is 12.5 Å². The van der Waals surface area contributed by atoms with Gasteiger partial charge < -0.3 is 10.1 Å². The number of rotatable bonds is 0. The smallest absolute Gasteiger partial charge is 0.184 e. The van der Waals surface area contributed by atoms with E-state index in [2.05, 4.69) is 37.0 Å². The standard InChI is InChI=1S/C10H11NO/c1-7-3-4-10-9(5-7)6-12-8(2)11-10/h3-5,11H,2,6H2,1H3. The van der Waals surface area contributed by atoms with Crippen LogP contribution in [0.15, 0.2) is 30.7 Å². The second-order valence-electron chi connectivity index (χ2n) is 3.00. The molecule has 0 saturated heterocycles. The Labute approximate surface area is 71.9 Å². The number of nitrogens with one attached hydrogen (secondary N) is 1. The van der Waals surface area contributed by atoms with Gasteiger partial charge in [0.15, 0.2) is 5.88 Å². The van der Waals surface area contributed by atoms with E-state index in [1.165, 1.54) is 11.1 Å². The van der Waals surface area contributed by atoms with Crippen LogP contribution >= 0.6 is 0 Å². The minimum atomic E-state index is 0.628.